The molecule has 0 saturated carbocycles. The van der Waals surface area contributed by atoms with E-state index in [0.717, 1.165) is 37.3 Å². The summed E-state index contributed by atoms with van der Waals surface area (Å²) in [5.41, 5.74) is 4.14. The predicted octanol–water partition coefficient (Wildman–Crippen LogP) is 4.56. The van der Waals surface area contributed by atoms with Crippen molar-refractivity contribution in [2.75, 3.05) is 11.9 Å². The second kappa shape index (κ2) is 6.63. The molecule has 0 aliphatic rings. The van der Waals surface area contributed by atoms with Crippen LogP contribution >= 0.6 is 31.9 Å². The zero-order chi connectivity index (χ0) is 14.7. The van der Waals surface area contributed by atoms with Crippen molar-refractivity contribution in [2.24, 2.45) is 0 Å². The van der Waals surface area contributed by atoms with Crippen LogP contribution in [0.2, 0.25) is 0 Å². The van der Waals surface area contributed by atoms with Gasteiger partial charge in [-0.1, -0.05) is 15.9 Å². The van der Waals surface area contributed by atoms with Gasteiger partial charge in [0.2, 0.25) is 0 Å². The molecule has 0 saturated heterocycles. The summed E-state index contributed by atoms with van der Waals surface area (Å²) in [7, 11) is 0. The maximum absolute atomic E-state index is 5.72. The SMILES string of the molecule is CCOc1c(Br)cc(Br)cc1CNc1c(C)n[nH]c1C. The second-order valence-electron chi connectivity index (χ2n) is 4.47. The second-order valence-corrected chi connectivity index (χ2v) is 6.24. The summed E-state index contributed by atoms with van der Waals surface area (Å²) in [6, 6.07) is 4.05. The Bertz CT molecular complexity index is 591. The smallest absolute Gasteiger partial charge is 0.138 e. The number of benzene rings is 1. The third-order valence-electron chi connectivity index (χ3n) is 2.96. The van der Waals surface area contributed by atoms with Gasteiger partial charge in [0.1, 0.15) is 5.75 Å². The van der Waals surface area contributed by atoms with E-state index in [1.165, 1.54) is 0 Å². The summed E-state index contributed by atoms with van der Waals surface area (Å²) >= 11 is 7.06. The summed E-state index contributed by atoms with van der Waals surface area (Å²) in [6.07, 6.45) is 0. The Labute approximate surface area is 135 Å². The monoisotopic (exact) mass is 401 g/mol. The van der Waals surface area contributed by atoms with Gasteiger partial charge in [-0.15, -0.1) is 0 Å². The number of hydrogen-bond donors (Lipinski definition) is 2. The van der Waals surface area contributed by atoms with Gasteiger partial charge in [-0.05, 0) is 48.8 Å². The summed E-state index contributed by atoms with van der Waals surface area (Å²) in [5, 5.41) is 10.6. The molecule has 0 unspecified atom stereocenters. The highest BCUT2D eigenvalue weighted by atomic mass is 79.9. The molecule has 108 valence electrons. The summed E-state index contributed by atoms with van der Waals surface area (Å²) < 4.78 is 7.69. The molecule has 20 heavy (non-hydrogen) atoms. The number of hydrogen-bond acceptors (Lipinski definition) is 3. The van der Waals surface area contributed by atoms with Crippen LogP contribution in [-0.2, 0) is 6.54 Å². The van der Waals surface area contributed by atoms with Crippen molar-refractivity contribution in [3.63, 3.8) is 0 Å². The fraction of sp³-hybridized carbons (Fsp3) is 0.357. The van der Waals surface area contributed by atoms with Crippen molar-refractivity contribution < 1.29 is 4.74 Å². The largest absolute Gasteiger partial charge is 0.492 e. The van der Waals surface area contributed by atoms with Crippen molar-refractivity contribution in [3.8, 4) is 5.75 Å². The number of H-pyrrole nitrogens is 1. The molecule has 0 aliphatic carbocycles. The Hall–Kier alpha value is -1.01. The Kier molecular flexibility index (Phi) is 5.10. The van der Waals surface area contributed by atoms with E-state index in [9.17, 15) is 0 Å². The predicted molar refractivity (Wildman–Crippen MR) is 88.4 cm³/mol. The third-order valence-corrected chi connectivity index (χ3v) is 4.00. The van der Waals surface area contributed by atoms with Crippen LogP contribution in [0.15, 0.2) is 21.1 Å². The molecule has 2 rings (SSSR count). The van der Waals surface area contributed by atoms with Gasteiger partial charge in [-0.3, -0.25) is 5.10 Å². The van der Waals surface area contributed by atoms with Gasteiger partial charge in [-0.2, -0.15) is 5.10 Å². The van der Waals surface area contributed by atoms with E-state index in [2.05, 4.69) is 53.4 Å². The number of aromatic amines is 1. The lowest BCUT2D eigenvalue weighted by Gasteiger charge is -2.14. The topological polar surface area (TPSA) is 49.9 Å². The van der Waals surface area contributed by atoms with E-state index in [-0.39, 0.29) is 0 Å². The van der Waals surface area contributed by atoms with E-state index in [0.29, 0.717) is 13.2 Å². The van der Waals surface area contributed by atoms with Crippen molar-refractivity contribution in [1.29, 1.82) is 0 Å². The van der Waals surface area contributed by atoms with Crippen LogP contribution in [0.25, 0.3) is 0 Å². The van der Waals surface area contributed by atoms with Crippen LogP contribution in [0, 0.1) is 13.8 Å². The number of halogens is 2. The number of ether oxygens (including phenoxy) is 1. The van der Waals surface area contributed by atoms with Crippen LogP contribution in [0.5, 0.6) is 5.75 Å². The molecular formula is C14H17Br2N3O. The number of rotatable bonds is 5. The first-order valence-electron chi connectivity index (χ1n) is 6.39. The molecule has 1 aromatic carbocycles. The van der Waals surface area contributed by atoms with Crippen LogP contribution in [0.3, 0.4) is 0 Å². The molecule has 0 fully saturated rings. The van der Waals surface area contributed by atoms with Gasteiger partial charge in [0.25, 0.3) is 0 Å². The first kappa shape index (κ1) is 15.4. The first-order valence-corrected chi connectivity index (χ1v) is 7.97. The lowest BCUT2D eigenvalue weighted by Crippen LogP contribution is -2.05. The Morgan fingerprint density at radius 3 is 2.65 bits per heavy atom. The molecule has 0 spiro atoms. The molecule has 1 heterocycles. The van der Waals surface area contributed by atoms with E-state index in [1.807, 2.05) is 26.8 Å². The van der Waals surface area contributed by atoms with Crippen LogP contribution in [0.4, 0.5) is 5.69 Å². The standard InChI is InChI=1S/C14H17Br2N3O/c1-4-20-14-10(5-11(15)6-12(14)16)7-17-13-8(2)18-19-9(13)3/h5-6,17H,4,7H2,1-3H3,(H,18,19). The normalized spacial score (nSPS) is 10.7. The number of aromatic nitrogens is 2. The van der Waals surface area contributed by atoms with E-state index in [1.54, 1.807) is 0 Å². The van der Waals surface area contributed by atoms with Gasteiger partial charge < -0.3 is 10.1 Å². The average Bonchev–Trinajstić information content (AvgIpc) is 2.70. The summed E-state index contributed by atoms with van der Waals surface area (Å²) in [4.78, 5) is 0. The van der Waals surface area contributed by atoms with E-state index < -0.39 is 0 Å². The maximum atomic E-state index is 5.72. The minimum atomic E-state index is 0.636. The molecule has 0 amide bonds. The minimum absolute atomic E-state index is 0.636. The molecule has 0 atom stereocenters. The van der Waals surface area contributed by atoms with Gasteiger partial charge in [0.15, 0.2) is 0 Å². The Balaban J connectivity index is 2.24. The fourth-order valence-electron chi connectivity index (χ4n) is 2.05. The highest BCUT2D eigenvalue weighted by Gasteiger charge is 2.12. The van der Waals surface area contributed by atoms with Crippen LogP contribution in [0.1, 0.15) is 23.9 Å². The summed E-state index contributed by atoms with van der Waals surface area (Å²) in [6.45, 7) is 7.27. The highest BCUT2D eigenvalue weighted by Crippen LogP contribution is 2.33. The van der Waals surface area contributed by atoms with E-state index >= 15 is 0 Å². The molecule has 0 aliphatic heterocycles. The van der Waals surface area contributed by atoms with Crippen LogP contribution in [-0.4, -0.2) is 16.8 Å². The first-order chi connectivity index (χ1) is 9.52. The van der Waals surface area contributed by atoms with Gasteiger partial charge in [0.05, 0.1) is 28.2 Å². The molecule has 0 radical (unpaired) electrons. The molecule has 1 aromatic heterocycles. The van der Waals surface area contributed by atoms with Crippen LogP contribution < -0.4 is 10.1 Å². The van der Waals surface area contributed by atoms with Crippen molar-refractivity contribution in [2.45, 2.75) is 27.3 Å². The molecule has 6 heteroatoms. The fourth-order valence-corrected chi connectivity index (χ4v) is 3.47. The van der Waals surface area contributed by atoms with Gasteiger partial charge in [-0.25, -0.2) is 0 Å². The molecule has 2 N–H and O–H groups in total. The number of aryl methyl sites for hydroxylation is 2. The quantitative estimate of drug-likeness (QED) is 0.770. The maximum Gasteiger partial charge on any atom is 0.138 e. The Morgan fingerprint density at radius 1 is 1.30 bits per heavy atom. The van der Waals surface area contributed by atoms with Crippen molar-refractivity contribution in [3.05, 3.63) is 38.0 Å². The molecule has 4 nitrogen and oxygen atoms in total. The van der Waals surface area contributed by atoms with Gasteiger partial charge in [0, 0.05) is 16.6 Å². The molecule has 0 bridgehead atoms. The van der Waals surface area contributed by atoms with Gasteiger partial charge >= 0.3 is 0 Å². The Morgan fingerprint density at radius 2 is 2.05 bits per heavy atom. The number of anilines is 1. The highest BCUT2D eigenvalue weighted by molar-refractivity contribution is 9.11. The van der Waals surface area contributed by atoms with Crippen molar-refractivity contribution >= 4 is 37.5 Å². The molecular weight excluding hydrogens is 386 g/mol. The lowest BCUT2D eigenvalue weighted by molar-refractivity contribution is 0.334. The zero-order valence-corrected chi connectivity index (χ0v) is 14.9. The minimum Gasteiger partial charge on any atom is -0.492 e. The number of nitrogens with zero attached hydrogens (tertiary/aromatic N) is 1. The summed E-state index contributed by atoms with van der Waals surface area (Å²) in [5.74, 6) is 0.877. The lowest BCUT2D eigenvalue weighted by atomic mass is 10.2. The average molecular weight is 403 g/mol. The van der Waals surface area contributed by atoms with E-state index in [4.69, 9.17) is 4.74 Å². The number of nitrogens with one attached hydrogen (secondary N) is 2. The third kappa shape index (κ3) is 3.35. The zero-order valence-electron chi connectivity index (χ0n) is 11.7. The molecule has 2 aromatic rings. The van der Waals surface area contributed by atoms with Crippen molar-refractivity contribution in [1.82, 2.24) is 10.2 Å².